The number of carbonyl (C=O) groups excluding carboxylic acids is 1. The topological polar surface area (TPSA) is 98.5 Å². The molecule has 0 spiro atoms. The number of carbonyl (C=O) groups is 1. The Balaban J connectivity index is 1.65. The Kier molecular flexibility index (Phi) is 3.75. The average molecular weight is 314 g/mol. The maximum atomic E-state index is 12.2. The second kappa shape index (κ2) is 5.42. The third-order valence-corrected chi connectivity index (χ3v) is 5.32. The Labute approximate surface area is 123 Å². The fraction of sp³-hybridized carbons (Fsp3) is 0.692. The quantitative estimate of drug-likeness (QED) is 0.886. The lowest BCUT2D eigenvalue weighted by atomic mass is 9.95. The zero-order chi connectivity index (χ0) is 15.0. The molecule has 2 aliphatic heterocycles. The van der Waals surface area contributed by atoms with Crippen LogP contribution in [0.4, 0.5) is 0 Å². The predicted octanol–water partition coefficient (Wildman–Crippen LogP) is 0.887. The maximum Gasteiger partial charge on any atom is 0.240 e. The molecule has 2 bridgehead atoms. The van der Waals surface area contributed by atoms with E-state index in [1.54, 1.807) is 6.92 Å². The molecule has 1 N–H and O–H groups in total. The molecule has 21 heavy (non-hydrogen) atoms. The van der Waals surface area contributed by atoms with Crippen LogP contribution in [0.15, 0.2) is 10.8 Å². The molecule has 8 heteroatoms. The van der Waals surface area contributed by atoms with Crippen molar-refractivity contribution in [3.05, 3.63) is 17.8 Å². The minimum Gasteiger partial charge on any atom is -0.448 e. The van der Waals surface area contributed by atoms with Gasteiger partial charge in [-0.3, -0.25) is 9.52 Å². The van der Waals surface area contributed by atoms with Crippen molar-refractivity contribution in [2.45, 2.75) is 50.6 Å². The van der Waals surface area contributed by atoms with Gasteiger partial charge in [-0.1, -0.05) is 0 Å². The lowest BCUT2D eigenvalue weighted by molar-refractivity contribution is -0.132. The van der Waals surface area contributed by atoms with E-state index in [4.69, 9.17) is 9.15 Å². The molecule has 0 aromatic carbocycles. The van der Waals surface area contributed by atoms with Crippen molar-refractivity contribution >= 4 is 15.9 Å². The van der Waals surface area contributed by atoms with Crippen molar-refractivity contribution in [2.75, 3.05) is 0 Å². The number of rotatable bonds is 4. The number of nitrogens with one attached hydrogen (secondary N) is 1. The number of hydrogen-bond acceptors (Lipinski definition) is 6. The summed E-state index contributed by atoms with van der Waals surface area (Å²) in [5, 5.41) is 0. The molecule has 3 heterocycles. The molecule has 1 amide bonds. The highest BCUT2D eigenvalue weighted by Gasteiger charge is 2.41. The van der Waals surface area contributed by atoms with Crippen LogP contribution in [0, 0.1) is 12.8 Å². The van der Waals surface area contributed by atoms with Crippen LogP contribution in [0.3, 0.4) is 0 Å². The molecule has 0 radical (unpaired) electrons. The summed E-state index contributed by atoms with van der Waals surface area (Å²) < 4.78 is 36.9. The van der Waals surface area contributed by atoms with Crippen molar-refractivity contribution in [1.29, 1.82) is 0 Å². The van der Waals surface area contributed by atoms with Crippen LogP contribution >= 0.6 is 0 Å². The van der Waals surface area contributed by atoms with Gasteiger partial charge in [0.25, 0.3) is 0 Å². The van der Waals surface area contributed by atoms with Crippen LogP contribution in [0.2, 0.25) is 0 Å². The van der Waals surface area contributed by atoms with E-state index in [0.717, 1.165) is 19.3 Å². The lowest BCUT2D eigenvalue weighted by Crippen LogP contribution is -2.43. The van der Waals surface area contributed by atoms with Gasteiger partial charge in [-0.05, 0) is 32.6 Å². The van der Waals surface area contributed by atoms with Crippen molar-refractivity contribution < 1.29 is 22.4 Å². The molecule has 2 aliphatic rings. The minimum absolute atomic E-state index is 0.146. The Morgan fingerprint density at radius 2 is 2.14 bits per heavy atom. The summed E-state index contributed by atoms with van der Waals surface area (Å²) in [6, 6.07) is 0. The van der Waals surface area contributed by atoms with Gasteiger partial charge in [0.2, 0.25) is 15.9 Å². The van der Waals surface area contributed by atoms with Crippen LogP contribution < -0.4 is 4.72 Å². The first-order valence-corrected chi connectivity index (χ1v) is 8.68. The monoisotopic (exact) mass is 314 g/mol. The number of hydrogen-bond donors (Lipinski definition) is 1. The first kappa shape index (κ1) is 14.5. The van der Waals surface area contributed by atoms with Crippen molar-refractivity contribution in [2.24, 2.45) is 5.92 Å². The van der Waals surface area contributed by atoms with Crippen LogP contribution in [0.1, 0.15) is 37.1 Å². The van der Waals surface area contributed by atoms with Crippen LogP contribution in [0.25, 0.3) is 0 Å². The van der Waals surface area contributed by atoms with Gasteiger partial charge in [0, 0.05) is 0 Å². The third kappa shape index (κ3) is 3.11. The van der Waals surface area contributed by atoms with E-state index >= 15 is 0 Å². The molecule has 0 aliphatic carbocycles. The van der Waals surface area contributed by atoms with Crippen molar-refractivity contribution in [1.82, 2.24) is 9.71 Å². The molecule has 3 atom stereocenters. The number of amides is 1. The van der Waals surface area contributed by atoms with Gasteiger partial charge in [0.05, 0.1) is 23.8 Å². The second-order valence-electron chi connectivity index (χ2n) is 5.64. The summed E-state index contributed by atoms with van der Waals surface area (Å²) >= 11 is 0. The fourth-order valence-electron chi connectivity index (χ4n) is 3.00. The Hall–Kier alpha value is -1.41. The number of aromatic nitrogens is 1. The van der Waals surface area contributed by atoms with Crippen LogP contribution in [0.5, 0.6) is 0 Å². The SMILES string of the molecule is Cc1ocnc1CS(=O)(=O)NC(=O)[C@@H]1CC[C@H]2CC[C@H]1O2. The Bertz CT molecular complexity index is 639. The zero-order valence-electron chi connectivity index (χ0n) is 11.7. The standard InChI is InChI=1S/C13H18N2O5S/c1-8-11(14-7-19-8)6-21(17,18)15-13(16)10-4-2-9-3-5-12(10)20-9/h7,9-10,12H,2-6H2,1H3,(H,15,16)/t9-,10+,12+/m0/s1. The number of aryl methyl sites for hydroxylation is 1. The van der Waals surface area contributed by atoms with Gasteiger partial charge >= 0.3 is 0 Å². The predicted molar refractivity (Wildman–Crippen MR) is 72.6 cm³/mol. The number of ether oxygens (including phenoxy) is 1. The minimum atomic E-state index is -3.77. The maximum absolute atomic E-state index is 12.2. The highest BCUT2D eigenvalue weighted by atomic mass is 32.2. The fourth-order valence-corrected chi connectivity index (χ4v) is 4.17. The van der Waals surface area contributed by atoms with E-state index < -0.39 is 15.9 Å². The number of nitrogens with zero attached hydrogens (tertiary/aromatic N) is 1. The molecule has 0 unspecified atom stereocenters. The van der Waals surface area contributed by atoms with Gasteiger partial charge in [-0.2, -0.15) is 0 Å². The van der Waals surface area contributed by atoms with Crippen LogP contribution in [-0.2, 0) is 25.3 Å². The van der Waals surface area contributed by atoms with Gasteiger partial charge in [0.15, 0.2) is 6.39 Å². The first-order chi connectivity index (χ1) is 9.94. The number of oxazole rings is 1. The van der Waals surface area contributed by atoms with Gasteiger partial charge < -0.3 is 9.15 Å². The summed E-state index contributed by atoms with van der Waals surface area (Å²) in [4.78, 5) is 16.0. The highest BCUT2D eigenvalue weighted by molar-refractivity contribution is 7.89. The second-order valence-corrected chi connectivity index (χ2v) is 7.36. The average Bonchev–Trinajstić information content (AvgIpc) is 2.96. The van der Waals surface area contributed by atoms with E-state index in [9.17, 15) is 13.2 Å². The number of sulfonamides is 1. The molecule has 3 rings (SSSR count). The lowest BCUT2D eigenvalue weighted by Gasteiger charge is -2.28. The Morgan fingerprint density at radius 1 is 1.38 bits per heavy atom. The molecule has 1 aromatic heterocycles. The first-order valence-electron chi connectivity index (χ1n) is 7.03. The zero-order valence-corrected chi connectivity index (χ0v) is 12.6. The van der Waals surface area contributed by atoms with Gasteiger partial charge in [-0.25, -0.2) is 13.4 Å². The highest BCUT2D eigenvalue weighted by Crippen LogP contribution is 2.36. The van der Waals surface area contributed by atoms with Crippen molar-refractivity contribution in [3.8, 4) is 0 Å². The smallest absolute Gasteiger partial charge is 0.240 e. The molecule has 1 aromatic rings. The normalized spacial score (nSPS) is 28.5. The van der Waals surface area contributed by atoms with Crippen molar-refractivity contribution in [3.63, 3.8) is 0 Å². The number of fused-ring (bicyclic) bond motifs is 2. The summed E-state index contributed by atoms with van der Waals surface area (Å²) in [6.07, 6.45) is 4.57. The van der Waals surface area contributed by atoms with E-state index in [2.05, 4.69) is 9.71 Å². The van der Waals surface area contributed by atoms with Gasteiger partial charge in [0.1, 0.15) is 11.5 Å². The summed E-state index contributed by atoms with van der Waals surface area (Å²) in [7, 11) is -3.77. The molecular formula is C13H18N2O5S. The molecule has 0 saturated carbocycles. The van der Waals surface area contributed by atoms with Crippen LogP contribution in [-0.4, -0.2) is 31.5 Å². The largest absolute Gasteiger partial charge is 0.448 e. The summed E-state index contributed by atoms with van der Waals surface area (Å²) in [5.74, 6) is -0.770. The van der Waals surface area contributed by atoms with Gasteiger partial charge in [-0.15, -0.1) is 0 Å². The van der Waals surface area contributed by atoms with E-state index in [1.165, 1.54) is 6.39 Å². The Morgan fingerprint density at radius 3 is 2.86 bits per heavy atom. The molecule has 2 saturated heterocycles. The molecule has 2 fully saturated rings. The van der Waals surface area contributed by atoms with E-state index in [-0.39, 0.29) is 23.9 Å². The third-order valence-electron chi connectivity index (χ3n) is 4.15. The molecule has 7 nitrogen and oxygen atoms in total. The molecular weight excluding hydrogens is 296 g/mol. The van der Waals surface area contributed by atoms with E-state index in [1.807, 2.05) is 0 Å². The summed E-state index contributed by atoms with van der Waals surface area (Å²) in [6.45, 7) is 1.63. The molecule has 116 valence electrons. The van der Waals surface area contributed by atoms with E-state index in [0.29, 0.717) is 17.9 Å². The summed E-state index contributed by atoms with van der Waals surface area (Å²) in [5.41, 5.74) is 0.316.